The molecule has 0 saturated heterocycles. The number of hydrogen-bond acceptors (Lipinski definition) is 4. The van der Waals surface area contributed by atoms with Crippen molar-refractivity contribution < 1.29 is 9.53 Å². The lowest BCUT2D eigenvalue weighted by atomic mass is 10.2. The number of thiazole rings is 1. The number of halogens is 1. The Morgan fingerprint density at radius 3 is 2.63 bits per heavy atom. The summed E-state index contributed by atoms with van der Waals surface area (Å²) in [5, 5.41) is 2.81. The van der Waals surface area contributed by atoms with Crippen molar-refractivity contribution in [3.63, 3.8) is 0 Å². The van der Waals surface area contributed by atoms with Crippen LogP contribution < -0.4 is 0 Å². The molecule has 1 amide bonds. The van der Waals surface area contributed by atoms with Crippen LogP contribution >= 0.6 is 22.9 Å². The van der Waals surface area contributed by atoms with Crippen LogP contribution in [0.5, 0.6) is 0 Å². The predicted molar refractivity (Wildman–Crippen MR) is 121 cm³/mol. The Morgan fingerprint density at radius 1 is 1.13 bits per heavy atom. The minimum absolute atomic E-state index is 0.0200. The molecule has 0 N–H and O–H groups in total. The van der Waals surface area contributed by atoms with Crippen LogP contribution in [0.2, 0.25) is 5.02 Å². The smallest absolute Gasteiger partial charge is 0.253 e. The van der Waals surface area contributed by atoms with Crippen LogP contribution in [0.3, 0.4) is 0 Å². The van der Waals surface area contributed by atoms with Crippen molar-refractivity contribution in [1.29, 1.82) is 0 Å². The Hall–Kier alpha value is -2.67. The van der Waals surface area contributed by atoms with Crippen LogP contribution in [0.1, 0.15) is 16.1 Å². The molecule has 0 saturated carbocycles. The third-order valence-corrected chi connectivity index (χ3v) is 6.08. The van der Waals surface area contributed by atoms with Crippen LogP contribution in [-0.2, 0) is 11.2 Å². The van der Waals surface area contributed by atoms with E-state index in [-0.39, 0.29) is 5.91 Å². The zero-order valence-corrected chi connectivity index (χ0v) is 18.2. The monoisotopic (exact) mass is 439 g/mol. The van der Waals surface area contributed by atoms with Gasteiger partial charge in [-0.05, 0) is 24.3 Å². The van der Waals surface area contributed by atoms with Crippen LogP contribution in [-0.4, -0.2) is 47.0 Å². The first-order valence-corrected chi connectivity index (χ1v) is 11.0. The number of nitrogens with zero attached hydrogens (tertiary/aromatic N) is 3. The molecule has 2 aromatic heterocycles. The van der Waals surface area contributed by atoms with Crippen LogP contribution in [0.25, 0.3) is 16.2 Å². The molecule has 0 bridgehead atoms. The highest BCUT2D eigenvalue weighted by atomic mass is 35.5. The molecule has 2 aromatic carbocycles. The van der Waals surface area contributed by atoms with Gasteiger partial charge in [-0.15, -0.1) is 11.3 Å². The molecule has 0 aliphatic rings. The zero-order valence-electron chi connectivity index (χ0n) is 16.6. The van der Waals surface area contributed by atoms with Gasteiger partial charge in [0.15, 0.2) is 4.96 Å². The average molecular weight is 440 g/mol. The normalized spacial score (nSPS) is 11.1. The Balaban J connectivity index is 1.52. The summed E-state index contributed by atoms with van der Waals surface area (Å²) in [5.41, 5.74) is 3.77. The molecule has 5 nitrogen and oxygen atoms in total. The molecular formula is C23H22ClN3O2S. The molecule has 0 atom stereocenters. The maximum Gasteiger partial charge on any atom is 0.253 e. The van der Waals surface area contributed by atoms with E-state index >= 15 is 0 Å². The van der Waals surface area contributed by atoms with Gasteiger partial charge in [0.05, 0.1) is 12.3 Å². The molecule has 2 heterocycles. The van der Waals surface area contributed by atoms with E-state index in [2.05, 4.69) is 9.78 Å². The van der Waals surface area contributed by atoms with E-state index in [9.17, 15) is 4.79 Å². The second-order valence-corrected chi connectivity index (χ2v) is 8.19. The number of hydrogen-bond donors (Lipinski definition) is 0. The van der Waals surface area contributed by atoms with E-state index < -0.39 is 0 Å². The number of benzene rings is 2. The van der Waals surface area contributed by atoms with Gasteiger partial charge >= 0.3 is 0 Å². The van der Waals surface area contributed by atoms with Crippen LogP contribution in [0.4, 0.5) is 0 Å². The molecule has 154 valence electrons. The van der Waals surface area contributed by atoms with Crippen molar-refractivity contribution >= 4 is 33.8 Å². The molecule has 30 heavy (non-hydrogen) atoms. The summed E-state index contributed by atoms with van der Waals surface area (Å²) in [6.45, 7) is 1.66. The van der Waals surface area contributed by atoms with Crippen molar-refractivity contribution in [1.82, 2.24) is 14.3 Å². The standard InChI is InChI=1S/C23H22ClN3O2S/c1-29-14-13-26(22(28)18-5-3-2-4-6-18)12-11-20-16-30-23-25-21(15-27(20)23)17-7-9-19(24)10-8-17/h2-10,15-16H,11-14H2,1H3. The molecule has 4 rings (SSSR count). The van der Waals surface area contributed by atoms with Gasteiger partial charge < -0.3 is 9.64 Å². The topological polar surface area (TPSA) is 46.8 Å². The number of rotatable bonds is 8. The Labute approximate surface area is 184 Å². The third-order valence-electron chi connectivity index (χ3n) is 4.93. The van der Waals surface area contributed by atoms with E-state index in [0.29, 0.717) is 30.3 Å². The van der Waals surface area contributed by atoms with E-state index in [1.54, 1.807) is 18.4 Å². The fourth-order valence-electron chi connectivity index (χ4n) is 3.30. The first-order chi connectivity index (χ1) is 14.7. The SMILES string of the molecule is COCCN(CCc1csc2nc(-c3ccc(Cl)cc3)cn12)C(=O)c1ccccc1. The van der Waals surface area contributed by atoms with Crippen LogP contribution in [0, 0.1) is 0 Å². The summed E-state index contributed by atoms with van der Waals surface area (Å²) in [5.74, 6) is 0.0200. The van der Waals surface area contributed by atoms with Crippen molar-refractivity contribution in [3.8, 4) is 11.3 Å². The fourth-order valence-corrected chi connectivity index (χ4v) is 4.33. The number of amides is 1. The average Bonchev–Trinajstić information content (AvgIpc) is 3.36. The quantitative estimate of drug-likeness (QED) is 0.386. The molecule has 7 heteroatoms. The minimum Gasteiger partial charge on any atom is -0.383 e. The van der Waals surface area contributed by atoms with Gasteiger partial charge in [0.2, 0.25) is 0 Å². The highest BCUT2D eigenvalue weighted by Crippen LogP contribution is 2.25. The first-order valence-electron chi connectivity index (χ1n) is 9.70. The molecule has 0 fully saturated rings. The van der Waals surface area contributed by atoms with E-state index in [1.807, 2.05) is 65.7 Å². The fraction of sp³-hybridized carbons (Fsp3) is 0.217. The summed E-state index contributed by atoms with van der Waals surface area (Å²) in [4.78, 5) is 20.4. The Morgan fingerprint density at radius 2 is 1.90 bits per heavy atom. The number of methoxy groups -OCH3 is 1. The lowest BCUT2D eigenvalue weighted by Gasteiger charge is -2.22. The maximum atomic E-state index is 12.9. The zero-order chi connectivity index (χ0) is 20.9. The van der Waals surface area contributed by atoms with Gasteiger partial charge in [0, 0.05) is 60.0 Å². The van der Waals surface area contributed by atoms with Gasteiger partial charge in [0.1, 0.15) is 0 Å². The minimum atomic E-state index is 0.0200. The summed E-state index contributed by atoms with van der Waals surface area (Å²) in [6, 6.07) is 17.1. The number of imidazole rings is 1. The van der Waals surface area contributed by atoms with Crippen molar-refractivity contribution in [2.24, 2.45) is 0 Å². The van der Waals surface area contributed by atoms with Gasteiger partial charge in [-0.2, -0.15) is 0 Å². The maximum absolute atomic E-state index is 12.9. The third kappa shape index (κ3) is 4.56. The Bertz CT molecular complexity index is 1120. The van der Waals surface area contributed by atoms with Gasteiger partial charge in [-0.25, -0.2) is 4.98 Å². The second-order valence-electron chi connectivity index (χ2n) is 6.91. The molecule has 4 aromatic rings. The predicted octanol–water partition coefficient (Wildman–Crippen LogP) is 5.05. The highest BCUT2D eigenvalue weighted by Gasteiger charge is 2.17. The number of carbonyl (C=O) groups excluding carboxylic acids is 1. The molecule has 0 spiro atoms. The second kappa shape index (κ2) is 9.43. The number of fused-ring (bicyclic) bond motifs is 1. The largest absolute Gasteiger partial charge is 0.383 e. The summed E-state index contributed by atoms with van der Waals surface area (Å²) in [6.07, 6.45) is 2.78. The molecule has 0 aliphatic heterocycles. The molecule has 0 radical (unpaired) electrons. The van der Waals surface area contributed by atoms with E-state index in [1.165, 1.54) is 0 Å². The lowest BCUT2D eigenvalue weighted by Crippen LogP contribution is -2.35. The summed E-state index contributed by atoms with van der Waals surface area (Å²) < 4.78 is 7.32. The number of carbonyl (C=O) groups is 1. The number of aromatic nitrogens is 2. The van der Waals surface area contributed by atoms with Crippen molar-refractivity contribution in [2.75, 3.05) is 26.8 Å². The first kappa shape index (κ1) is 20.6. The van der Waals surface area contributed by atoms with Crippen molar-refractivity contribution in [3.05, 3.63) is 82.5 Å². The highest BCUT2D eigenvalue weighted by molar-refractivity contribution is 7.15. The number of ether oxygens (including phenoxy) is 1. The molecular weight excluding hydrogens is 418 g/mol. The summed E-state index contributed by atoms with van der Waals surface area (Å²) in [7, 11) is 1.65. The van der Waals surface area contributed by atoms with Gasteiger partial charge in [0.25, 0.3) is 5.91 Å². The van der Waals surface area contributed by atoms with Gasteiger partial charge in [-0.3, -0.25) is 9.20 Å². The summed E-state index contributed by atoms with van der Waals surface area (Å²) >= 11 is 7.60. The lowest BCUT2D eigenvalue weighted by molar-refractivity contribution is 0.0697. The van der Waals surface area contributed by atoms with E-state index in [0.717, 1.165) is 28.3 Å². The molecule has 0 aliphatic carbocycles. The van der Waals surface area contributed by atoms with Gasteiger partial charge in [-0.1, -0.05) is 41.9 Å². The molecule has 0 unspecified atom stereocenters. The van der Waals surface area contributed by atoms with E-state index in [4.69, 9.17) is 21.3 Å². The Kier molecular flexibility index (Phi) is 6.47. The van der Waals surface area contributed by atoms with Crippen molar-refractivity contribution in [2.45, 2.75) is 6.42 Å². The van der Waals surface area contributed by atoms with Crippen LogP contribution in [0.15, 0.2) is 66.2 Å².